The van der Waals surface area contributed by atoms with E-state index in [0.717, 1.165) is 27.8 Å². The molecule has 0 aliphatic rings. The Hall–Kier alpha value is -5.37. The Morgan fingerprint density at radius 3 is 2.50 bits per heavy atom. The normalized spacial score (nSPS) is 11.9. The fourth-order valence-electron chi connectivity index (χ4n) is 4.77. The third kappa shape index (κ3) is 4.90. The summed E-state index contributed by atoms with van der Waals surface area (Å²) in [6.45, 7) is 1.85. The predicted octanol–water partition coefficient (Wildman–Crippen LogP) is 6.22. The van der Waals surface area contributed by atoms with E-state index in [9.17, 15) is 14.7 Å². The second-order valence-corrected chi connectivity index (χ2v) is 9.54. The maximum absolute atomic E-state index is 13.8. The standard InChI is InChI=1S/C32H24N4O4/c1-19(20-9-11-23(12-10-20)32(38)39)34-31(37)26-16-24(21-6-3-2-4-7-21)17-28-29(26)27(36-40-28)18-25-14-13-22-8-5-15-33-30(22)35-25/h2-17,19H,18H2,1H3,(H,34,37)(H,38,39)/t19-/m0/s1. The molecule has 1 amide bonds. The number of aromatic nitrogens is 3. The molecule has 6 rings (SSSR count). The number of carboxylic acid groups (broad SMARTS) is 1. The van der Waals surface area contributed by atoms with Crippen molar-refractivity contribution in [2.75, 3.05) is 0 Å². The van der Waals surface area contributed by atoms with Crippen molar-refractivity contribution in [3.63, 3.8) is 0 Å². The lowest BCUT2D eigenvalue weighted by molar-refractivity contribution is 0.0696. The molecule has 3 heterocycles. The van der Waals surface area contributed by atoms with E-state index in [1.807, 2.05) is 73.7 Å². The second kappa shape index (κ2) is 10.4. The molecule has 3 aromatic heterocycles. The van der Waals surface area contributed by atoms with Crippen LogP contribution in [-0.4, -0.2) is 32.1 Å². The number of nitrogens with one attached hydrogen (secondary N) is 1. The van der Waals surface area contributed by atoms with Crippen LogP contribution in [0.5, 0.6) is 0 Å². The minimum atomic E-state index is -1.000. The van der Waals surface area contributed by atoms with Crippen molar-refractivity contribution >= 4 is 33.9 Å². The van der Waals surface area contributed by atoms with Crippen molar-refractivity contribution in [2.24, 2.45) is 0 Å². The molecule has 8 nitrogen and oxygen atoms in total. The molecule has 0 bridgehead atoms. The van der Waals surface area contributed by atoms with Crippen molar-refractivity contribution in [1.82, 2.24) is 20.4 Å². The number of rotatable bonds is 7. The molecule has 0 saturated carbocycles. The van der Waals surface area contributed by atoms with Gasteiger partial charge in [0.1, 0.15) is 0 Å². The first-order chi connectivity index (χ1) is 19.5. The van der Waals surface area contributed by atoms with E-state index in [4.69, 9.17) is 4.52 Å². The molecule has 6 aromatic rings. The van der Waals surface area contributed by atoms with Gasteiger partial charge in [-0.1, -0.05) is 47.6 Å². The molecule has 2 N–H and O–H groups in total. The molecule has 196 valence electrons. The van der Waals surface area contributed by atoms with Crippen molar-refractivity contribution in [2.45, 2.75) is 19.4 Å². The van der Waals surface area contributed by atoms with Crippen LogP contribution in [0.15, 0.2) is 102 Å². The Morgan fingerprint density at radius 2 is 1.73 bits per heavy atom. The minimum Gasteiger partial charge on any atom is -0.478 e. The fourth-order valence-corrected chi connectivity index (χ4v) is 4.77. The molecule has 0 aliphatic carbocycles. The van der Waals surface area contributed by atoms with Gasteiger partial charge in [0.2, 0.25) is 0 Å². The topological polar surface area (TPSA) is 118 Å². The molecule has 0 saturated heterocycles. The van der Waals surface area contributed by atoms with Gasteiger partial charge in [-0.25, -0.2) is 14.8 Å². The molecular weight excluding hydrogens is 504 g/mol. The third-order valence-electron chi connectivity index (χ3n) is 6.87. The van der Waals surface area contributed by atoms with Crippen molar-refractivity contribution in [1.29, 1.82) is 0 Å². The number of hydrogen-bond donors (Lipinski definition) is 2. The van der Waals surface area contributed by atoms with E-state index in [1.165, 1.54) is 12.1 Å². The van der Waals surface area contributed by atoms with Crippen LogP contribution in [0.2, 0.25) is 0 Å². The van der Waals surface area contributed by atoms with Crippen LogP contribution in [0, 0.1) is 0 Å². The molecule has 0 radical (unpaired) electrons. The lowest BCUT2D eigenvalue weighted by atomic mass is 9.97. The highest BCUT2D eigenvalue weighted by Gasteiger charge is 2.22. The number of nitrogens with zero attached hydrogens (tertiary/aromatic N) is 3. The quantitative estimate of drug-likeness (QED) is 0.253. The summed E-state index contributed by atoms with van der Waals surface area (Å²) in [6.07, 6.45) is 2.06. The average molecular weight is 529 g/mol. The molecule has 40 heavy (non-hydrogen) atoms. The number of aromatic carboxylic acids is 1. The monoisotopic (exact) mass is 528 g/mol. The van der Waals surface area contributed by atoms with E-state index in [1.54, 1.807) is 18.3 Å². The number of carbonyl (C=O) groups is 2. The number of carboxylic acids is 1. The number of amides is 1. The summed E-state index contributed by atoms with van der Waals surface area (Å²) in [5.74, 6) is -1.30. The van der Waals surface area contributed by atoms with Gasteiger partial charge >= 0.3 is 5.97 Å². The minimum absolute atomic E-state index is 0.186. The van der Waals surface area contributed by atoms with E-state index in [2.05, 4.69) is 20.4 Å². The van der Waals surface area contributed by atoms with Crippen molar-refractivity contribution in [3.05, 3.63) is 125 Å². The smallest absolute Gasteiger partial charge is 0.335 e. The summed E-state index contributed by atoms with van der Waals surface area (Å²) < 4.78 is 5.76. The summed E-state index contributed by atoms with van der Waals surface area (Å²) in [6, 6.07) is 27.3. The van der Waals surface area contributed by atoms with Gasteiger partial charge in [0.25, 0.3) is 5.91 Å². The van der Waals surface area contributed by atoms with Gasteiger partial charge in [0, 0.05) is 23.7 Å². The van der Waals surface area contributed by atoms with Crippen LogP contribution in [-0.2, 0) is 6.42 Å². The fraction of sp³-hybridized carbons (Fsp3) is 0.0938. The highest BCUT2D eigenvalue weighted by atomic mass is 16.5. The van der Waals surface area contributed by atoms with Crippen molar-refractivity contribution in [3.8, 4) is 11.1 Å². The van der Waals surface area contributed by atoms with Gasteiger partial charge in [-0.05, 0) is 72.1 Å². The first kappa shape index (κ1) is 24.9. The Balaban J connectivity index is 1.39. The lowest BCUT2D eigenvalue weighted by Crippen LogP contribution is -2.27. The Bertz CT molecular complexity index is 1860. The largest absolute Gasteiger partial charge is 0.478 e. The van der Waals surface area contributed by atoms with Gasteiger partial charge < -0.3 is 14.9 Å². The molecule has 0 fully saturated rings. The SMILES string of the molecule is C[C@H](NC(=O)c1cc(-c2ccccc2)cc2onc(Cc3ccc4cccnc4n3)c12)c1ccc(C(=O)O)cc1. The number of benzene rings is 3. The highest BCUT2D eigenvalue weighted by molar-refractivity contribution is 6.08. The highest BCUT2D eigenvalue weighted by Crippen LogP contribution is 2.31. The van der Waals surface area contributed by atoms with Crippen LogP contribution in [0.1, 0.15) is 50.6 Å². The molecule has 3 aromatic carbocycles. The number of hydrogen-bond acceptors (Lipinski definition) is 6. The summed E-state index contributed by atoms with van der Waals surface area (Å²) in [4.78, 5) is 34.0. The second-order valence-electron chi connectivity index (χ2n) is 9.54. The van der Waals surface area contributed by atoms with E-state index < -0.39 is 5.97 Å². The van der Waals surface area contributed by atoms with Crippen LogP contribution in [0.4, 0.5) is 0 Å². The Morgan fingerprint density at radius 1 is 0.925 bits per heavy atom. The predicted molar refractivity (Wildman–Crippen MR) is 151 cm³/mol. The van der Waals surface area contributed by atoms with Gasteiger partial charge in [0.05, 0.1) is 28.2 Å². The number of fused-ring (bicyclic) bond motifs is 2. The zero-order valence-corrected chi connectivity index (χ0v) is 21.5. The van der Waals surface area contributed by atoms with Gasteiger partial charge in [-0.2, -0.15) is 0 Å². The molecule has 0 spiro atoms. The molecular formula is C32H24N4O4. The summed E-state index contributed by atoms with van der Waals surface area (Å²) in [5.41, 5.74) is 5.66. The van der Waals surface area contributed by atoms with Crippen LogP contribution in [0.3, 0.4) is 0 Å². The zero-order valence-electron chi connectivity index (χ0n) is 21.5. The molecule has 0 aliphatic heterocycles. The van der Waals surface area contributed by atoms with Gasteiger partial charge in [-0.15, -0.1) is 0 Å². The molecule has 1 atom stereocenters. The first-order valence-corrected chi connectivity index (χ1v) is 12.8. The lowest BCUT2D eigenvalue weighted by Gasteiger charge is -2.16. The molecule has 0 unspecified atom stereocenters. The van der Waals surface area contributed by atoms with E-state index >= 15 is 0 Å². The van der Waals surface area contributed by atoms with Crippen LogP contribution >= 0.6 is 0 Å². The maximum atomic E-state index is 13.8. The van der Waals surface area contributed by atoms with Crippen LogP contribution in [0.25, 0.3) is 33.1 Å². The third-order valence-corrected chi connectivity index (χ3v) is 6.87. The van der Waals surface area contributed by atoms with Crippen molar-refractivity contribution < 1.29 is 19.2 Å². The summed E-state index contributed by atoms with van der Waals surface area (Å²) in [7, 11) is 0. The van der Waals surface area contributed by atoms with E-state index in [-0.39, 0.29) is 17.5 Å². The first-order valence-electron chi connectivity index (χ1n) is 12.8. The summed E-state index contributed by atoms with van der Waals surface area (Å²) >= 11 is 0. The zero-order chi connectivity index (χ0) is 27.6. The maximum Gasteiger partial charge on any atom is 0.335 e. The summed E-state index contributed by atoms with van der Waals surface area (Å²) in [5, 5.41) is 18.2. The Kier molecular flexibility index (Phi) is 6.49. The van der Waals surface area contributed by atoms with E-state index in [0.29, 0.717) is 34.3 Å². The average Bonchev–Trinajstić information content (AvgIpc) is 3.39. The Labute approximate surface area is 229 Å². The number of carbonyl (C=O) groups excluding carboxylic acids is 1. The van der Waals surface area contributed by atoms with Gasteiger partial charge in [0.15, 0.2) is 11.2 Å². The van der Waals surface area contributed by atoms with Gasteiger partial charge in [-0.3, -0.25) is 4.79 Å². The van der Waals surface area contributed by atoms with Crippen LogP contribution < -0.4 is 5.32 Å². The molecule has 8 heteroatoms. The number of pyridine rings is 2.